The minimum absolute atomic E-state index is 0.131. The smallest absolute Gasteiger partial charge is 0.261 e. The van der Waals surface area contributed by atoms with Crippen LogP contribution in [-0.4, -0.2) is 25.8 Å². The van der Waals surface area contributed by atoms with Crippen LogP contribution in [0.15, 0.2) is 71.6 Å². The number of sulfonamides is 1. The molecule has 0 spiro atoms. The maximum absolute atomic E-state index is 13.1. The number of anilines is 2. The average Bonchev–Trinajstić information content (AvgIpc) is 2.74. The molecule has 0 fully saturated rings. The van der Waals surface area contributed by atoms with Crippen molar-refractivity contribution in [3.63, 3.8) is 0 Å². The minimum Gasteiger partial charge on any atom is -0.347 e. The van der Waals surface area contributed by atoms with Crippen molar-refractivity contribution in [3.8, 4) is 0 Å². The summed E-state index contributed by atoms with van der Waals surface area (Å²) in [5, 5.41) is 5.67. The van der Waals surface area contributed by atoms with Crippen LogP contribution in [0.1, 0.15) is 52.6 Å². The Balaban J connectivity index is 1.86. The van der Waals surface area contributed by atoms with E-state index in [-0.39, 0.29) is 16.4 Å². The summed E-state index contributed by atoms with van der Waals surface area (Å²) in [6.07, 6.45) is 0. The topological polar surface area (TPSA) is 104 Å². The molecule has 7 nitrogen and oxygen atoms in total. The molecule has 0 saturated heterocycles. The van der Waals surface area contributed by atoms with Crippen LogP contribution >= 0.6 is 0 Å². The molecule has 0 atom stereocenters. The van der Waals surface area contributed by atoms with Gasteiger partial charge >= 0.3 is 0 Å². The number of aryl methyl sites for hydroxylation is 1. The van der Waals surface area contributed by atoms with Crippen molar-refractivity contribution in [3.05, 3.63) is 89.0 Å². The molecular weight excluding hydrogens is 450 g/mol. The molecule has 0 bridgehead atoms. The summed E-state index contributed by atoms with van der Waals surface area (Å²) in [7, 11) is -3.82. The van der Waals surface area contributed by atoms with Crippen LogP contribution in [0.4, 0.5) is 11.4 Å². The Bertz CT molecular complexity index is 1320. The Kier molecular flexibility index (Phi) is 7.12. The number of benzene rings is 3. The van der Waals surface area contributed by atoms with Gasteiger partial charge in [-0.15, -0.1) is 0 Å². The summed E-state index contributed by atoms with van der Waals surface area (Å²) in [6, 6.07) is 18.0. The van der Waals surface area contributed by atoms with E-state index in [1.165, 1.54) is 12.1 Å². The first kappa shape index (κ1) is 25.0. The SMILES string of the molecule is Cc1ccc(S(=O)(=O)Nc2cccc(C(=O)Nc3ccccc3C(=O)NC(C)(C)C)c2C)cc1. The van der Waals surface area contributed by atoms with Crippen molar-refractivity contribution in [2.75, 3.05) is 10.0 Å². The maximum atomic E-state index is 13.1. The van der Waals surface area contributed by atoms with Crippen molar-refractivity contribution in [1.29, 1.82) is 0 Å². The average molecular weight is 480 g/mol. The van der Waals surface area contributed by atoms with Gasteiger partial charge in [-0.3, -0.25) is 14.3 Å². The van der Waals surface area contributed by atoms with Crippen molar-refractivity contribution in [2.45, 2.75) is 45.1 Å². The Labute approximate surface area is 200 Å². The van der Waals surface area contributed by atoms with Gasteiger partial charge in [-0.1, -0.05) is 35.9 Å². The van der Waals surface area contributed by atoms with Gasteiger partial charge in [0.25, 0.3) is 21.8 Å². The fraction of sp³-hybridized carbons (Fsp3) is 0.231. The minimum atomic E-state index is -3.82. The molecule has 0 radical (unpaired) electrons. The molecule has 3 rings (SSSR count). The second-order valence-corrected chi connectivity index (χ2v) is 10.8. The monoisotopic (exact) mass is 479 g/mol. The third kappa shape index (κ3) is 6.02. The van der Waals surface area contributed by atoms with Gasteiger partial charge < -0.3 is 10.6 Å². The van der Waals surface area contributed by atoms with Gasteiger partial charge in [0.05, 0.1) is 21.8 Å². The molecule has 0 aliphatic heterocycles. The number of para-hydroxylation sites is 1. The van der Waals surface area contributed by atoms with Gasteiger partial charge in [-0.2, -0.15) is 0 Å². The lowest BCUT2D eigenvalue weighted by atomic mass is 10.0. The van der Waals surface area contributed by atoms with Crippen molar-refractivity contribution in [2.24, 2.45) is 0 Å². The highest BCUT2D eigenvalue weighted by Gasteiger charge is 2.21. The number of carbonyl (C=O) groups excluding carboxylic acids is 2. The number of hydrogen-bond donors (Lipinski definition) is 3. The van der Waals surface area contributed by atoms with Crippen LogP contribution in [0.5, 0.6) is 0 Å². The van der Waals surface area contributed by atoms with Gasteiger partial charge in [0.2, 0.25) is 0 Å². The van der Waals surface area contributed by atoms with E-state index < -0.39 is 21.5 Å². The van der Waals surface area contributed by atoms with E-state index >= 15 is 0 Å². The highest BCUT2D eigenvalue weighted by Crippen LogP contribution is 2.24. The lowest BCUT2D eigenvalue weighted by Gasteiger charge is -2.21. The molecule has 0 unspecified atom stereocenters. The van der Waals surface area contributed by atoms with Gasteiger partial charge in [0.1, 0.15) is 0 Å². The number of rotatable bonds is 6. The molecule has 0 saturated carbocycles. The molecule has 34 heavy (non-hydrogen) atoms. The van der Waals surface area contributed by atoms with Gasteiger partial charge in [0.15, 0.2) is 0 Å². The molecule has 2 amide bonds. The molecule has 0 aromatic heterocycles. The molecule has 3 aromatic rings. The Morgan fingerprint density at radius 1 is 0.735 bits per heavy atom. The van der Waals surface area contributed by atoms with Crippen LogP contribution in [0.3, 0.4) is 0 Å². The highest BCUT2D eigenvalue weighted by molar-refractivity contribution is 7.92. The fourth-order valence-corrected chi connectivity index (χ4v) is 4.42. The Morgan fingerprint density at radius 3 is 1.97 bits per heavy atom. The van der Waals surface area contributed by atoms with Crippen LogP contribution in [0.25, 0.3) is 0 Å². The van der Waals surface area contributed by atoms with Crippen LogP contribution < -0.4 is 15.4 Å². The lowest BCUT2D eigenvalue weighted by molar-refractivity contribution is 0.0920. The largest absolute Gasteiger partial charge is 0.347 e. The molecule has 0 heterocycles. The van der Waals surface area contributed by atoms with E-state index in [1.807, 2.05) is 27.7 Å². The zero-order valence-electron chi connectivity index (χ0n) is 19.9. The molecule has 0 aliphatic carbocycles. The maximum Gasteiger partial charge on any atom is 0.261 e. The van der Waals surface area contributed by atoms with Crippen LogP contribution in [0, 0.1) is 13.8 Å². The first-order valence-electron chi connectivity index (χ1n) is 10.8. The summed E-state index contributed by atoms with van der Waals surface area (Å²) in [6.45, 7) is 9.16. The summed E-state index contributed by atoms with van der Waals surface area (Å²) in [4.78, 5) is 25.9. The Hall–Kier alpha value is -3.65. The molecular formula is C26H29N3O4S. The van der Waals surface area contributed by atoms with E-state index in [9.17, 15) is 18.0 Å². The molecule has 0 aliphatic rings. The Morgan fingerprint density at radius 2 is 1.32 bits per heavy atom. The van der Waals surface area contributed by atoms with Crippen LogP contribution in [0.2, 0.25) is 0 Å². The van der Waals surface area contributed by atoms with E-state index in [0.29, 0.717) is 22.5 Å². The first-order chi connectivity index (χ1) is 15.9. The molecule has 3 N–H and O–H groups in total. The summed E-state index contributed by atoms with van der Waals surface area (Å²) >= 11 is 0. The van der Waals surface area contributed by atoms with Crippen molar-refractivity contribution < 1.29 is 18.0 Å². The quantitative estimate of drug-likeness (QED) is 0.468. The molecule has 3 aromatic carbocycles. The first-order valence-corrected chi connectivity index (χ1v) is 12.3. The zero-order chi connectivity index (χ0) is 25.1. The fourth-order valence-electron chi connectivity index (χ4n) is 3.30. The van der Waals surface area contributed by atoms with Gasteiger partial charge in [-0.25, -0.2) is 8.42 Å². The predicted molar refractivity (Wildman–Crippen MR) is 135 cm³/mol. The summed E-state index contributed by atoms with van der Waals surface area (Å²) in [5.41, 5.74) is 2.26. The highest BCUT2D eigenvalue weighted by atomic mass is 32.2. The number of carbonyl (C=O) groups is 2. The summed E-state index contributed by atoms with van der Waals surface area (Å²) < 4.78 is 28.2. The molecule has 8 heteroatoms. The molecule has 178 valence electrons. The van der Waals surface area contributed by atoms with E-state index in [0.717, 1.165) is 5.56 Å². The van der Waals surface area contributed by atoms with E-state index in [1.54, 1.807) is 61.5 Å². The second kappa shape index (κ2) is 9.69. The van der Waals surface area contributed by atoms with Crippen molar-refractivity contribution in [1.82, 2.24) is 5.32 Å². The van der Waals surface area contributed by atoms with Crippen molar-refractivity contribution >= 4 is 33.2 Å². The summed E-state index contributed by atoms with van der Waals surface area (Å²) in [5.74, 6) is -0.760. The normalized spacial score (nSPS) is 11.6. The van der Waals surface area contributed by atoms with E-state index in [4.69, 9.17) is 0 Å². The standard InChI is InChI=1S/C26H29N3O4S/c1-17-13-15-19(16-14-17)34(32,33)29-22-12-8-10-20(18(22)2)24(30)27-23-11-7-6-9-21(23)25(31)28-26(3,4)5/h6-16,29H,1-5H3,(H,27,30)(H,28,31). The number of amides is 2. The predicted octanol–water partition coefficient (Wildman–Crippen LogP) is 4.88. The number of nitrogens with one attached hydrogen (secondary N) is 3. The second-order valence-electron chi connectivity index (χ2n) is 9.10. The van der Waals surface area contributed by atoms with Crippen LogP contribution in [-0.2, 0) is 10.0 Å². The van der Waals surface area contributed by atoms with Gasteiger partial charge in [-0.05, 0) is 76.6 Å². The number of hydrogen-bond acceptors (Lipinski definition) is 4. The van der Waals surface area contributed by atoms with Gasteiger partial charge in [0, 0.05) is 11.1 Å². The zero-order valence-corrected chi connectivity index (χ0v) is 20.7. The third-order valence-corrected chi connectivity index (χ3v) is 6.44. The lowest BCUT2D eigenvalue weighted by Crippen LogP contribution is -2.40. The third-order valence-electron chi connectivity index (χ3n) is 5.06. The van der Waals surface area contributed by atoms with E-state index in [2.05, 4.69) is 15.4 Å².